The lowest BCUT2D eigenvalue weighted by molar-refractivity contribution is -0.188. The number of fused-ring (bicyclic) bond motifs is 5. The number of ether oxygens (including phenoxy) is 4. The van der Waals surface area contributed by atoms with Gasteiger partial charge in [-0.15, -0.1) is 0 Å². The van der Waals surface area contributed by atoms with Gasteiger partial charge in [0.05, 0.1) is 24.9 Å². The summed E-state index contributed by atoms with van der Waals surface area (Å²) in [5, 5.41) is 6.57. The van der Waals surface area contributed by atoms with Crippen LogP contribution in [-0.2, 0) is 39.8 Å². The quantitative estimate of drug-likeness (QED) is 0.542. The van der Waals surface area contributed by atoms with Crippen molar-refractivity contribution in [1.29, 1.82) is 0 Å². The fraction of sp³-hybridized carbons (Fsp3) is 0.700. The molecule has 0 aromatic heterocycles. The summed E-state index contributed by atoms with van der Waals surface area (Å²) >= 11 is 0. The maximum absolute atomic E-state index is 13.9. The van der Waals surface area contributed by atoms with Crippen molar-refractivity contribution in [2.45, 2.75) is 101 Å². The second-order valence-corrected chi connectivity index (χ2v) is 12.0. The first kappa shape index (κ1) is 29.0. The highest BCUT2D eigenvalue weighted by Crippen LogP contribution is 2.39. The first-order valence-electron chi connectivity index (χ1n) is 14.7. The Morgan fingerprint density at radius 3 is 2.38 bits per heavy atom. The molecule has 1 aliphatic carbocycles. The summed E-state index contributed by atoms with van der Waals surface area (Å²) < 4.78 is 24.2. The maximum atomic E-state index is 13.9. The molecule has 3 saturated heterocycles. The molecule has 4 fully saturated rings. The average molecular weight is 558 g/mol. The van der Waals surface area contributed by atoms with Crippen LogP contribution in [0.25, 0.3) is 0 Å². The molecule has 40 heavy (non-hydrogen) atoms. The van der Waals surface area contributed by atoms with Crippen molar-refractivity contribution in [2.24, 2.45) is 5.92 Å². The van der Waals surface area contributed by atoms with Gasteiger partial charge in [-0.25, -0.2) is 0 Å². The Kier molecular flexibility index (Phi) is 9.09. The largest absolute Gasteiger partial charge is 0.464 e. The molecule has 220 valence electrons. The van der Waals surface area contributed by atoms with Crippen LogP contribution in [0.5, 0.6) is 0 Å². The van der Waals surface area contributed by atoms with Crippen molar-refractivity contribution >= 4 is 17.8 Å². The molecule has 10 heteroatoms. The molecule has 2 bridgehead atoms. The third-order valence-corrected chi connectivity index (χ3v) is 8.49. The van der Waals surface area contributed by atoms with E-state index in [1.165, 1.54) is 4.90 Å². The van der Waals surface area contributed by atoms with Crippen LogP contribution in [0.2, 0.25) is 0 Å². The number of esters is 1. The number of carbonyl (C=O) groups excluding carboxylic acids is 3. The van der Waals surface area contributed by atoms with Crippen molar-refractivity contribution in [1.82, 2.24) is 15.5 Å². The summed E-state index contributed by atoms with van der Waals surface area (Å²) in [7, 11) is 1.56. The predicted molar refractivity (Wildman–Crippen MR) is 146 cm³/mol. The van der Waals surface area contributed by atoms with Crippen LogP contribution in [0.1, 0.15) is 57.9 Å². The number of nitrogens with zero attached hydrogens (tertiary/aromatic N) is 1. The minimum Gasteiger partial charge on any atom is -0.464 e. The third kappa shape index (κ3) is 6.84. The van der Waals surface area contributed by atoms with Gasteiger partial charge in [-0.05, 0) is 38.2 Å². The molecule has 1 saturated carbocycles. The van der Waals surface area contributed by atoms with E-state index in [-0.39, 0.29) is 55.3 Å². The lowest BCUT2D eigenvalue weighted by atomic mass is 9.83. The van der Waals surface area contributed by atoms with Crippen molar-refractivity contribution in [3.63, 3.8) is 0 Å². The fourth-order valence-electron chi connectivity index (χ4n) is 6.54. The van der Waals surface area contributed by atoms with Crippen LogP contribution < -0.4 is 10.6 Å². The van der Waals surface area contributed by atoms with E-state index in [1.54, 1.807) is 7.05 Å². The lowest BCUT2D eigenvalue weighted by Gasteiger charge is -2.33. The summed E-state index contributed by atoms with van der Waals surface area (Å²) in [6.07, 6.45) is 4.74. The summed E-state index contributed by atoms with van der Waals surface area (Å²) in [5.74, 6) is -1.64. The minimum absolute atomic E-state index is 0.146. The van der Waals surface area contributed by atoms with Gasteiger partial charge in [0.15, 0.2) is 5.79 Å². The zero-order chi connectivity index (χ0) is 28.3. The number of hydrogen-bond donors (Lipinski definition) is 2. The molecule has 3 heterocycles. The molecule has 4 aliphatic rings. The van der Waals surface area contributed by atoms with Crippen LogP contribution in [0.4, 0.5) is 0 Å². The van der Waals surface area contributed by atoms with Crippen LogP contribution in [0, 0.1) is 5.92 Å². The van der Waals surface area contributed by atoms with Crippen molar-refractivity contribution in [3.8, 4) is 0 Å². The molecule has 1 aromatic carbocycles. The van der Waals surface area contributed by atoms with Gasteiger partial charge in [0.2, 0.25) is 11.8 Å². The van der Waals surface area contributed by atoms with Crippen LogP contribution in [0.15, 0.2) is 30.3 Å². The Labute approximate surface area is 236 Å². The van der Waals surface area contributed by atoms with Gasteiger partial charge >= 0.3 is 5.97 Å². The SMILES string of the molecule is CN1CC(=O)OCC[C@@H]2O[C@H](CNC(C3CCCCC3)C(=O)NC(Cc3ccccc3)C1=O)[C@H]1OC(C)(C)O[C@H]12. The van der Waals surface area contributed by atoms with E-state index < -0.39 is 23.8 Å². The zero-order valence-electron chi connectivity index (χ0n) is 23.8. The molecular formula is C30H43N3O7. The number of amides is 2. The second-order valence-electron chi connectivity index (χ2n) is 12.0. The summed E-state index contributed by atoms with van der Waals surface area (Å²) in [4.78, 5) is 41.5. The molecule has 0 radical (unpaired) electrons. The van der Waals surface area contributed by atoms with Gasteiger partial charge in [-0.3, -0.25) is 14.4 Å². The Balaban J connectivity index is 1.41. The number of cyclic esters (lactones) is 1. The van der Waals surface area contributed by atoms with Crippen molar-refractivity contribution in [2.75, 3.05) is 26.7 Å². The van der Waals surface area contributed by atoms with E-state index >= 15 is 0 Å². The van der Waals surface area contributed by atoms with Gasteiger partial charge in [-0.2, -0.15) is 0 Å². The molecule has 2 N–H and O–H groups in total. The smallest absolute Gasteiger partial charge is 0.325 e. The number of rotatable bonds is 3. The Morgan fingerprint density at radius 1 is 0.950 bits per heavy atom. The molecule has 2 unspecified atom stereocenters. The predicted octanol–water partition coefficient (Wildman–Crippen LogP) is 1.95. The van der Waals surface area contributed by atoms with E-state index in [4.69, 9.17) is 18.9 Å². The van der Waals surface area contributed by atoms with Gasteiger partial charge in [-0.1, -0.05) is 49.6 Å². The van der Waals surface area contributed by atoms with Crippen LogP contribution in [-0.4, -0.2) is 91.7 Å². The summed E-state index contributed by atoms with van der Waals surface area (Å²) in [6, 6.07) is 8.28. The average Bonchev–Trinajstić information content (AvgIpc) is 3.41. The van der Waals surface area contributed by atoms with E-state index in [9.17, 15) is 14.4 Å². The van der Waals surface area contributed by atoms with Gasteiger partial charge in [0.1, 0.15) is 24.8 Å². The molecule has 5 rings (SSSR count). The highest BCUT2D eigenvalue weighted by atomic mass is 16.8. The molecular weight excluding hydrogens is 514 g/mol. The molecule has 10 nitrogen and oxygen atoms in total. The van der Waals surface area contributed by atoms with Gasteiger partial charge in [0, 0.05) is 26.4 Å². The highest BCUT2D eigenvalue weighted by Gasteiger charge is 2.55. The monoisotopic (exact) mass is 557 g/mol. The number of benzene rings is 1. The van der Waals surface area contributed by atoms with Crippen LogP contribution >= 0.6 is 0 Å². The number of hydrogen-bond acceptors (Lipinski definition) is 8. The molecule has 1 aromatic rings. The summed E-state index contributed by atoms with van der Waals surface area (Å²) in [6.45, 7) is 4.11. The fourth-order valence-corrected chi connectivity index (χ4v) is 6.54. The molecule has 2 amide bonds. The van der Waals surface area contributed by atoms with E-state index in [0.717, 1.165) is 37.7 Å². The Hall–Kier alpha value is -2.53. The Bertz CT molecular complexity index is 1040. The normalized spacial score (nSPS) is 34.3. The molecule has 0 spiro atoms. The van der Waals surface area contributed by atoms with E-state index in [2.05, 4.69) is 10.6 Å². The third-order valence-electron chi connectivity index (χ3n) is 8.49. The van der Waals surface area contributed by atoms with E-state index in [1.807, 2.05) is 44.2 Å². The standard InChI is InChI=1S/C30H43N3O7/c1-30(2)39-26-22-14-15-37-24(34)18-33(3)29(36)21(16-19-10-6-4-7-11-19)32-28(35)25(20-12-8-5-9-13-20)31-17-23(38-22)27(26)40-30/h4,6-7,10-11,20-23,25-27,31H,5,8-9,12-18H2,1-3H3,(H,32,35)/t21?,22-,23+,25?,26-,27+/m0/s1. The first-order chi connectivity index (χ1) is 19.2. The van der Waals surface area contributed by atoms with Crippen LogP contribution in [0.3, 0.4) is 0 Å². The Morgan fingerprint density at radius 2 is 1.65 bits per heavy atom. The zero-order valence-corrected chi connectivity index (χ0v) is 23.8. The second kappa shape index (κ2) is 12.5. The van der Waals surface area contributed by atoms with Crippen molar-refractivity contribution < 1.29 is 33.3 Å². The highest BCUT2D eigenvalue weighted by molar-refractivity contribution is 5.91. The number of likely N-dealkylation sites (N-methyl/N-ethyl adjacent to an activating group) is 1. The van der Waals surface area contributed by atoms with Crippen molar-refractivity contribution in [3.05, 3.63) is 35.9 Å². The molecule has 3 aliphatic heterocycles. The molecule has 6 atom stereocenters. The maximum Gasteiger partial charge on any atom is 0.325 e. The van der Waals surface area contributed by atoms with Gasteiger partial charge in [0.25, 0.3) is 0 Å². The minimum atomic E-state index is -0.822. The topological polar surface area (TPSA) is 115 Å². The number of carbonyl (C=O) groups is 3. The van der Waals surface area contributed by atoms with Gasteiger partial charge < -0.3 is 34.5 Å². The van der Waals surface area contributed by atoms with E-state index in [0.29, 0.717) is 19.4 Å². The first-order valence-corrected chi connectivity index (χ1v) is 14.7. The number of nitrogens with one attached hydrogen (secondary N) is 2. The lowest BCUT2D eigenvalue weighted by Crippen LogP contribution is -2.57. The summed E-state index contributed by atoms with van der Waals surface area (Å²) in [5.41, 5.74) is 0.922.